The van der Waals surface area contributed by atoms with Gasteiger partial charge in [-0.15, -0.1) is 0 Å². The van der Waals surface area contributed by atoms with Gasteiger partial charge in [-0.2, -0.15) is 5.26 Å². The fourth-order valence-corrected chi connectivity index (χ4v) is 3.82. The number of methoxy groups -OCH3 is 1. The first-order valence-electron chi connectivity index (χ1n) is 10.1. The van der Waals surface area contributed by atoms with Crippen molar-refractivity contribution in [3.8, 4) is 11.8 Å². The number of nitrogens with zero attached hydrogens (tertiary/aromatic N) is 5. The number of carbonyl (C=O) groups excluding carboxylic acids is 1. The highest BCUT2D eigenvalue weighted by molar-refractivity contribution is 5.97. The van der Waals surface area contributed by atoms with Crippen LogP contribution >= 0.6 is 0 Å². The maximum absolute atomic E-state index is 12.8. The largest absolute Gasteiger partial charge is 0.495 e. The first kappa shape index (κ1) is 21.0. The second-order valence-electron chi connectivity index (χ2n) is 7.27. The van der Waals surface area contributed by atoms with Crippen molar-refractivity contribution in [2.45, 2.75) is 0 Å². The van der Waals surface area contributed by atoms with Crippen LogP contribution in [0.4, 0.5) is 5.69 Å². The fraction of sp³-hybridized carbons (Fsp3) is 0.524. The molecule has 0 aromatic heterocycles. The van der Waals surface area contributed by atoms with E-state index in [1.807, 2.05) is 18.2 Å². The van der Waals surface area contributed by atoms with Gasteiger partial charge in [0.05, 0.1) is 12.8 Å². The van der Waals surface area contributed by atoms with E-state index >= 15 is 0 Å². The number of hydrogen-bond acceptors (Lipinski definition) is 7. The third kappa shape index (κ3) is 5.19. The molecule has 2 fully saturated rings. The molecular weight excluding hydrogens is 368 g/mol. The van der Waals surface area contributed by atoms with Crippen LogP contribution in [-0.2, 0) is 4.79 Å². The predicted molar refractivity (Wildman–Crippen MR) is 113 cm³/mol. The number of piperazine rings is 2. The quantitative estimate of drug-likeness (QED) is 0.546. The first-order valence-corrected chi connectivity index (χ1v) is 10.1. The molecule has 1 aromatic rings. The Morgan fingerprint density at radius 2 is 1.83 bits per heavy atom. The van der Waals surface area contributed by atoms with Crippen LogP contribution in [0.3, 0.4) is 0 Å². The minimum absolute atomic E-state index is 0.174. The van der Waals surface area contributed by atoms with E-state index in [2.05, 4.69) is 26.8 Å². The molecule has 8 nitrogen and oxygen atoms in total. The maximum Gasteiger partial charge on any atom is 0.266 e. The molecular formula is C21H30N6O2. The van der Waals surface area contributed by atoms with Crippen molar-refractivity contribution in [2.24, 2.45) is 5.73 Å². The minimum Gasteiger partial charge on any atom is -0.495 e. The highest BCUT2D eigenvalue weighted by atomic mass is 16.5. The molecule has 0 spiro atoms. The van der Waals surface area contributed by atoms with Gasteiger partial charge >= 0.3 is 0 Å². The second-order valence-corrected chi connectivity index (χ2v) is 7.27. The number of nitrogens with two attached hydrogens (primary N) is 1. The third-order valence-electron chi connectivity index (χ3n) is 5.51. The third-order valence-corrected chi connectivity index (χ3v) is 5.51. The van der Waals surface area contributed by atoms with Crippen molar-refractivity contribution in [1.82, 2.24) is 14.7 Å². The van der Waals surface area contributed by atoms with E-state index in [9.17, 15) is 10.1 Å². The van der Waals surface area contributed by atoms with Crippen molar-refractivity contribution in [1.29, 1.82) is 5.26 Å². The molecule has 0 saturated carbocycles. The number of nitriles is 1. The summed E-state index contributed by atoms with van der Waals surface area (Å²) < 4.78 is 5.46. The lowest BCUT2D eigenvalue weighted by Crippen LogP contribution is -2.50. The summed E-state index contributed by atoms with van der Waals surface area (Å²) in [4.78, 5) is 21.1. The van der Waals surface area contributed by atoms with Crippen molar-refractivity contribution in [2.75, 3.05) is 77.5 Å². The first-order chi connectivity index (χ1) is 14.2. The molecule has 156 valence electrons. The fourth-order valence-electron chi connectivity index (χ4n) is 3.82. The summed E-state index contributed by atoms with van der Waals surface area (Å²) in [6.45, 7) is 7.47. The van der Waals surface area contributed by atoms with E-state index in [1.54, 1.807) is 18.2 Å². The Labute approximate surface area is 172 Å². The van der Waals surface area contributed by atoms with Gasteiger partial charge in [-0.25, -0.2) is 0 Å². The van der Waals surface area contributed by atoms with Gasteiger partial charge in [0.25, 0.3) is 5.91 Å². The lowest BCUT2D eigenvalue weighted by molar-refractivity contribution is -0.128. The predicted octanol–water partition coefficient (Wildman–Crippen LogP) is 0.328. The Hall–Kier alpha value is -2.76. The normalized spacial score (nSPS) is 18.5. The topological polar surface area (TPSA) is 89.1 Å². The molecule has 0 bridgehead atoms. The summed E-state index contributed by atoms with van der Waals surface area (Å²) in [5, 5.41) is 9.55. The molecule has 2 saturated heterocycles. The molecule has 2 aliphatic heterocycles. The molecule has 29 heavy (non-hydrogen) atoms. The van der Waals surface area contributed by atoms with Gasteiger partial charge in [0, 0.05) is 71.6 Å². The zero-order chi connectivity index (χ0) is 20.6. The van der Waals surface area contributed by atoms with E-state index in [0.29, 0.717) is 19.6 Å². The van der Waals surface area contributed by atoms with Crippen LogP contribution in [0, 0.1) is 11.3 Å². The minimum atomic E-state index is -0.174. The lowest BCUT2D eigenvalue weighted by Gasteiger charge is -2.37. The van der Waals surface area contributed by atoms with E-state index < -0.39 is 0 Å². The molecule has 1 amide bonds. The number of ether oxygens (including phenoxy) is 1. The van der Waals surface area contributed by atoms with Crippen LogP contribution < -0.4 is 15.4 Å². The van der Waals surface area contributed by atoms with Gasteiger partial charge < -0.3 is 25.2 Å². The van der Waals surface area contributed by atoms with Crippen LogP contribution in [-0.4, -0.2) is 93.2 Å². The maximum atomic E-state index is 12.8. The average Bonchev–Trinajstić information content (AvgIpc) is 2.78. The zero-order valence-corrected chi connectivity index (χ0v) is 17.1. The molecule has 8 heteroatoms. The number of amides is 1. The summed E-state index contributed by atoms with van der Waals surface area (Å²) >= 11 is 0. The van der Waals surface area contributed by atoms with Crippen molar-refractivity contribution in [3.63, 3.8) is 0 Å². The SMILES string of the molecule is COc1ccccc1N1CCN(/C=C(/C#N)C(=O)N2CCN(CCN)CC2)CC1. The Bertz CT molecular complexity index is 759. The van der Waals surface area contributed by atoms with E-state index in [-0.39, 0.29) is 11.5 Å². The van der Waals surface area contributed by atoms with E-state index in [0.717, 1.165) is 57.3 Å². The average molecular weight is 399 g/mol. The molecule has 2 aliphatic rings. The van der Waals surface area contributed by atoms with Gasteiger partial charge in [0.1, 0.15) is 17.4 Å². The summed E-state index contributed by atoms with van der Waals surface area (Å²) in [5.41, 5.74) is 6.89. The van der Waals surface area contributed by atoms with E-state index in [4.69, 9.17) is 10.5 Å². The van der Waals surface area contributed by atoms with Gasteiger partial charge in [-0.1, -0.05) is 12.1 Å². The van der Waals surface area contributed by atoms with Gasteiger partial charge in [-0.3, -0.25) is 9.69 Å². The monoisotopic (exact) mass is 398 g/mol. The van der Waals surface area contributed by atoms with Gasteiger partial charge in [-0.05, 0) is 12.1 Å². The number of anilines is 1. The van der Waals surface area contributed by atoms with Crippen LogP contribution in [0.15, 0.2) is 36.0 Å². The van der Waals surface area contributed by atoms with Crippen molar-refractivity contribution < 1.29 is 9.53 Å². The second kappa shape index (κ2) is 10.1. The highest BCUT2D eigenvalue weighted by Gasteiger charge is 2.25. The van der Waals surface area contributed by atoms with Gasteiger partial charge in [0.2, 0.25) is 0 Å². The molecule has 0 radical (unpaired) electrons. The van der Waals surface area contributed by atoms with Crippen LogP contribution in [0.25, 0.3) is 0 Å². The number of para-hydroxylation sites is 2. The number of rotatable bonds is 6. The molecule has 1 aromatic carbocycles. The van der Waals surface area contributed by atoms with Crippen molar-refractivity contribution >= 4 is 11.6 Å². The molecule has 2 heterocycles. The molecule has 3 rings (SSSR count). The smallest absolute Gasteiger partial charge is 0.266 e. The molecule has 2 N–H and O–H groups in total. The Morgan fingerprint density at radius 3 is 2.45 bits per heavy atom. The van der Waals surface area contributed by atoms with Crippen LogP contribution in [0.2, 0.25) is 0 Å². The van der Waals surface area contributed by atoms with E-state index in [1.165, 1.54) is 0 Å². The van der Waals surface area contributed by atoms with Gasteiger partial charge in [0.15, 0.2) is 0 Å². The lowest BCUT2D eigenvalue weighted by atomic mass is 10.2. The zero-order valence-electron chi connectivity index (χ0n) is 17.1. The summed E-state index contributed by atoms with van der Waals surface area (Å²) in [6.07, 6.45) is 1.73. The Morgan fingerprint density at radius 1 is 1.14 bits per heavy atom. The summed E-state index contributed by atoms with van der Waals surface area (Å²) in [6, 6.07) is 10.1. The number of hydrogen-bond donors (Lipinski definition) is 1. The highest BCUT2D eigenvalue weighted by Crippen LogP contribution is 2.28. The number of benzene rings is 1. The Balaban J connectivity index is 1.57. The van der Waals surface area contributed by atoms with Crippen LogP contribution in [0.5, 0.6) is 5.75 Å². The van der Waals surface area contributed by atoms with Crippen LogP contribution in [0.1, 0.15) is 0 Å². The molecule has 0 unspecified atom stereocenters. The summed E-state index contributed by atoms with van der Waals surface area (Å²) in [7, 11) is 1.68. The Kier molecular flexibility index (Phi) is 7.33. The summed E-state index contributed by atoms with van der Waals surface area (Å²) in [5.74, 6) is 0.685. The molecule has 0 aliphatic carbocycles. The van der Waals surface area contributed by atoms with Crippen molar-refractivity contribution in [3.05, 3.63) is 36.0 Å². The molecule has 0 atom stereocenters. The number of carbonyl (C=O) groups is 1. The standard InChI is InChI=1S/C21H30N6O2/c1-29-20-5-3-2-4-19(20)26-12-10-25(11-13-26)17-18(16-23)21(28)27-14-8-24(7-6-22)9-15-27/h2-5,17H,6-15,22H2,1H3/b18-17-.